The molecule has 6 nitrogen and oxygen atoms in total. The largest absolute Gasteiger partial charge is 0.462 e. The number of carbonyl (C=O) groups excluding carboxylic acids is 3. The number of ether oxygens (including phenoxy) is 1. The van der Waals surface area contributed by atoms with Crippen LogP contribution in [0, 0.1) is 11.3 Å². The van der Waals surface area contributed by atoms with Gasteiger partial charge in [-0.1, -0.05) is 33.8 Å². The van der Waals surface area contributed by atoms with E-state index in [4.69, 9.17) is 4.74 Å². The number of amides is 2. The van der Waals surface area contributed by atoms with Gasteiger partial charge < -0.3 is 15.4 Å². The minimum atomic E-state index is -0.363. The molecule has 1 aliphatic carbocycles. The van der Waals surface area contributed by atoms with Gasteiger partial charge in [-0.15, -0.1) is 23.1 Å². The Hall–Kier alpha value is -2.32. The monoisotopic (exact) mass is 516 g/mol. The lowest BCUT2D eigenvalue weighted by molar-refractivity contribution is -0.116. The first-order chi connectivity index (χ1) is 16.5. The van der Waals surface area contributed by atoms with Gasteiger partial charge in [-0.2, -0.15) is 0 Å². The molecule has 1 aromatic carbocycles. The summed E-state index contributed by atoms with van der Waals surface area (Å²) in [4.78, 5) is 39.7. The van der Waals surface area contributed by atoms with Gasteiger partial charge in [0.05, 0.1) is 17.4 Å². The molecular weight excluding hydrogens is 480 g/mol. The van der Waals surface area contributed by atoms with E-state index < -0.39 is 0 Å². The number of thioether (sulfide) groups is 1. The molecule has 0 bridgehead atoms. The highest BCUT2D eigenvalue weighted by molar-refractivity contribution is 8.00. The van der Waals surface area contributed by atoms with E-state index in [1.54, 1.807) is 6.92 Å². The van der Waals surface area contributed by atoms with E-state index in [0.29, 0.717) is 35.2 Å². The van der Waals surface area contributed by atoms with Crippen molar-refractivity contribution in [2.24, 2.45) is 11.3 Å². The molecule has 0 fully saturated rings. The summed E-state index contributed by atoms with van der Waals surface area (Å²) in [5.41, 5.74) is 2.44. The molecule has 0 saturated carbocycles. The Kier molecular flexibility index (Phi) is 9.05. The molecule has 190 valence electrons. The van der Waals surface area contributed by atoms with Gasteiger partial charge in [-0.3, -0.25) is 9.59 Å². The maximum absolute atomic E-state index is 13.3. The van der Waals surface area contributed by atoms with Crippen LogP contribution in [0.1, 0.15) is 75.2 Å². The van der Waals surface area contributed by atoms with Crippen molar-refractivity contribution in [3.63, 3.8) is 0 Å². The predicted octanol–water partition coefficient (Wildman–Crippen LogP) is 6.54. The number of nitrogens with one attached hydrogen (secondary N) is 2. The van der Waals surface area contributed by atoms with Crippen LogP contribution in [0.5, 0.6) is 0 Å². The van der Waals surface area contributed by atoms with Crippen molar-refractivity contribution in [2.45, 2.75) is 77.4 Å². The summed E-state index contributed by atoms with van der Waals surface area (Å²) in [6.07, 6.45) is 3.37. The topological polar surface area (TPSA) is 84.5 Å². The molecule has 0 aliphatic heterocycles. The van der Waals surface area contributed by atoms with E-state index >= 15 is 0 Å². The molecule has 2 atom stereocenters. The maximum atomic E-state index is 13.3. The fourth-order valence-corrected chi connectivity index (χ4v) is 6.69. The molecule has 2 N–H and O–H groups in total. The molecule has 0 saturated heterocycles. The molecule has 3 rings (SSSR count). The number of esters is 1. The van der Waals surface area contributed by atoms with E-state index in [2.05, 4.69) is 31.4 Å². The first-order valence-corrected chi connectivity index (χ1v) is 13.9. The van der Waals surface area contributed by atoms with Gasteiger partial charge in [0.2, 0.25) is 11.8 Å². The third-order valence-corrected chi connectivity index (χ3v) is 8.83. The molecule has 1 heterocycles. The molecule has 0 radical (unpaired) electrons. The van der Waals surface area contributed by atoms with Gasteiger partial charge in [0.25, 0.3) is 0 Å². The van der Waals surface area contributed by atoms with Crippen LogP contribution in [0.3, 0.4) is 0 Å². The number of rotatable bonds is 8. The number of fused-ring (bicyclic) bond motifs is 1. The van der Waals surface area contributed by atoms with Gasteiger partial charge in [-0.25, -0.2) is 4.79 Å². The zero-order valence-corrected chi connectivity index (χ0v) is 23.1. The summed E-state index contributed by atoms with van der Waals surface area (Å²) in [6, 6.07) is 7.46. The number of thiophene rings is 1. The van der Waals surface area contributed by atoms with Crippen LogP contribution in [0.4, 0.5) is 10.7 Å². The molecule has 2 amide bonds. The first-order valence-electron chi connectivity index (χ1n) is 12.2. The molecule has 1 aromatic heterocycles. The van der Waals surface area contributed by atoms with Crippen molar-refractivity contribution in [2.75, 3.05) is 17.2 Å². The zero-order valence-electron chi connectivity index (χ0n) is 21.4. The molecular formula is C27H36N2O4S2. The van der Waals surface area contributed by atoms with Gasteiger partial charge in [0.1, 0.15) is 5.00 Å². The van der Waals surface area contributed by atoms with Crippen molar-refractivity contribution in [1.82, 2.24) is 0 Å². The molecule has 35 heavy (non-hydrogen) atoms. The van der Waals surface area contributed by atoms with E-state index in [9.17, 15) is 14.4 Å². The minimum Gasteiger partial charge on any atom is -0.462 e. The SMILES string of the molecule is CCOC(=O)c1c(NC(=O)C(CC)Sc2cccc(NC(C)=O)c2)sc2c1CCC(C(C)(C)C)C2. The normalized spacial score (nSPS) is 16.2. The highest BCUT2D eigenvalue weighted by Crippen LogP contribution is 2.44. The Bertz CT molecular complexity index is 1090. The predicted molar refractivity (Wildman–Crippen MR) is 145 cm³/mol. The van der Waals surface area contributed by atoms with Crippen LogP contribution in [0.2, 0.25) is 0 Å². The van der Waals surface area contributed by atoms with Crippen LogP contribution in [0.15, 0.2) is 29.2 Å². The van der Waals surface area contributed by atoms with Crippen molar-refractivity contribution >= 4 is 51.6 Å². The fourth-order valence-electron chi connectivity index (χ4n) is 4.36. The second-order valence-electron chi connectivity index (χ2n) is 9.95. The standard InChI is InChI=1S/C27H36N2O4S2/c1-7-21(34-19-11-9-10-18(15-19)28-16(3)30)24(31)29-25-23(26(32)33-8-2)20-13-12-17(27(4,5)6)14-22(20)35-25/h9-11,15,17,21H,7-8,12-14H2,1-6H3,(H,28,30)(H,29,31). The quantitative estimate of drug-likeness (QED) is 0.307. The Morgan fingerprint density at radius 3 is 2.57 bits per heavy atom. The van der Waals surface area contributed by atoms with E-state index in [0.717, 1.165) is 29.7 Å². The van der Waals surface area contributed by atoms with Crippen LogP contribution >= 0.6 is 23.1 Å². The number of carbonyl (C=O) groups is 3. The summed E-state index contributed by atoms with van der Waals surface area (Å²) >= 11 is 2.96. The lowest BCUT2D eigenvalue weighted by Crippen LogP contribution is -2.27. The van der Waals surface area contributed by atoms with Crippen LogP contribution < -0.4 is 10.6 Å². The second kappa shape index (κ2) is 11.6. The van der Waals surface area contributed by atoms with Gasteiger partial charge in [0, 0.05) is 22.4 Å². The van der Waals surface area contributed by atoms with Gasteiger partial charge >= 0.3 is 5.97 Å². The molecule has 2 aromatic rings. The number of hydrogen-bond acceptors (Lipinski definition) is 6. The van der Waals surface area contributed by atoms with Crippen molar-refractivity contribution in [3.05, 3.63) is 40.3 Å². The minimum absolute atomic E-state index is 0.140. The Morgan fingerprint density at radius 1 is 1.20 bits per heavy atom. The lowest BCUT2D eigenvalue weighted by atomic mass is 9.72. The fraction of sp³-hybridized carbons (Fsp3) is 0.519. The summed E-state index contributed by atoms with van der Waals surface area (Å²) in [5, 5.41) is 6.09. The summed E-state index contributed by atoms with van der Waals surface area (Å²) in [5.74, 6) is -0.113. The number of anilines is 2. The van der Waals surface area contributed by atoms with Crippen LogP contribution in [-0.2, 0) is 27.2 Å². The maximum Gasteiger partial charge on any atom is 0.341 e. The van der Waals surface area contributed by atoms with Crippen LogP contribution in [0.25, 0.3) is 0 Å². The number of benzene rings is 1. The van der Waals surface area contributed by atoms with Crippen molar-refractivity contribution < 1.29 is 19.1 Å². The third-order valence-electron chi connectivity index (χ3n) is 6.30. The third kappa shape index (κ3) is 6.88. The first kappa shape index (κ1) is 27.3. The van der Waals surface area contributed by atoms with Crippen molar-refractivity contribution in [3.8, 4) is 0 Å². The van der Waals surface area contributed by atoms with E-state index in [-0.39, 0.29) is 28.4 Å². The Labute approximate surface area is 216 Å². The van der Waals surface area contributed by atoms with Gasteiger partial charge in [0.15, 0.2) is 0 Å². The molecule has 1 aliphatic rings. The Balaban J connectivity index is 1.83. The average Bonchev–Trinajstić information content (AvgIpc) is 3.13. The van der Waals surface area contributed by atoms with E-state index in [1.807, 2.05) is 31.2 Å². The summed E-state index contributed by atoms with van der Waals surface area (Å²) in [7, 11) is 0. The van der Waals surface area contributed by atoms with Gasteiger partial charge in [-0.05, 0) is 67.7 Å². The highest BCUT2D eigenvalue weighted by atomic mass is 32.2. The van der Waals surface area contributed by atoms with Crippen molar-refractivity contribution in [1.29, 1.82) is 0 Å². The van der Waals surface area contributed by atoms with Crippen LogP contribution in [-0.4, -0.2) is 29.6 Å². The second-order valence-corrected chi connectivity index (χ2v) is 12.3. The summed E-state index contributed by atoms with van der Waals surface area (Å²) in [6.45, 7) is 12.3. The molecule has 2 unspecified atom stereocenters. The molecule has 0 spiro atoms. The average molecular weight is 517 g/mol. The summed E-state index contributed by atoms with van der Waals surface area (Å²) < 4.78 is 5.37. The highest BCUT2D eigenvalue weighted by Gasteiger charge is 2.35. The lowest BCUT2D eigenvalue weighted by Gasteiger charge is -2.33. The zero-order chi connectivity index (χ0) is 25.8. The van der Waals surface area contributed by atoms with E-state index in [1.165, 1.54) is 34.9 Å². The molecule has 8 heteroatoms. The Morgan fingerprint density at radius 2 is 1.94 bits per heavy atom. The smallest absolute Gasteiger partial charge is 0.341 e. The number of hydrogen-bond donors (Lipinski definition) is 2.